The third-order valence-corrected chi connectivity index (χ3v) is 3.51. The van der Waals surface area contributed by atoms with Crippen molar-refractivity contribution in [3.8, 4) is 0 Å². The van der Waals surface area contributed by atoms with Crippen LogP contribution in [0.15, 0.2) is 60.7 Å². The summed E-state index contributed by atoms with van der Waals surface area (Å²) >= 11 is 0. The van der Waals surface area contributed by atoms with Crippen LogP contribution in [-0.4, -0.2) is 35.2 Å². The van der Waals surface area contributed by atoms with Crippen LogP contribution in [0.25, 0.3) is 0 Å². The van der Waals surface area contributed by atoms with Gasteiger partial charge in [0.15, 0.2) is 0 Å². The van der Waals surface area contributed by atoms with Crippen LogP contribution in [0.1, 0.15) is 24.0 Å². The average Bonchev–Trinajstić information content (AvgIpc) is 2.63. The molecule has 0 fully saturated rings. The van der Waals surface area contributed by atoms with E-state index in [4.69, 9.17) is 19.8 Å². The molecule has 134 valence electrons. The molecule has 0 saturated carbocycles. The van der Waals surface area contributed by atoms with Gasteiger partial charge in [-0.05, 0) is 49.9 Å². The Morgan fingerprint density at radius 1 is 0.680 bits per heavy atom. The highest BCUT2D eigenvalue weighted by Gasteiger charge is 2.04. The van der Waals surface area contributed by atoms with E-state index in [0.717, 1.165) is 13.1 Å². The molecule has 25 heavy (non-hydrogen) atoms. The molecule has 0 unspecified atom stereocenters. The molecule has 2 rings (SSSR count). The molecule has 2 aromatic rings. The van der Waals surface area contributed by atoms with Crippen molar-refractivity contribution in [2.75, 3.05) is 13.1 Å². The Balaban J connectivity index is 0.000000450. The second-order valence-electron chi connectivity index (χ2n) is 5.54. The Kier molecular flexibility index (Phi) is 10.4. The highest BCUT2D eigenvalue weighted by Crippen LogP contribution is 2.02. The average molecular weight is 343 g/mol. The van der Waals surface area contributed by atoms with Crippen LogP contribution in [0.2, 0.25) is 0 Å². The fourth-order valence-corrected chi connectivity index (χ4v) is 2.25. The van der Waals surface area contributed by atoms with Gasteiger partial charge in [0.05, 0.1) is 0 Å². The zero-order valence-corrected chi connectivity index (χ0v) is 14.2. The molecule has 0 radical (unpaired) electrons. The summed E-state index contributed by atoms with van der Waals surface area (Å²) in [5.74, 6) is -3.65. The summed E-state index contributed by atoms with van der Waals surface area (Å²) in [5.41, 5.74) is 2.88. The second kappa shape index (κ2) is 12.7. The standard InChI is InChI=1S/C18H23N.C2H2O4/c1-3-9-17(10-4-1)13-7-15-19-16-8-14-18-11-5-2-6-12-18;3-1(4)2(5)6/h1-6,9-12,19H,7-8,13-16H2;(H,3,4)(H,5,6). The van der Waals surface area contributed by atoms with Gasteiger partial charge in [-0.25, -0.2) is 9.59 Å². The lowest BCUT2D eigenvalue weighted by Gasteiger charge is -2.05. The predicted molar refractivity (Wildman–Crippen MR) is 97.7 cm³/mol. The van der Waals surface area contributed by atoms with Crippen molar-refractivity contribution in [2.24, 2.45) is 0 Å². The van der Waals surface area contributed by atoms with Gasteiger partial charge in [-0.1, -0.05) is 60.7 Å². The van der Waals surface area contributed by atoms with Crippen molar-refractivity contribution in [2.45, 2.75) is 25.7 Å². The lowest BCUT2D eigenvalue weighted by atomic mass is 10.1. The van der Waals surface area contributed by atoms with E-state index in [1.54, 1.807) is 0 Å². The molecule has 0 aromatic heterocycles. The topological polar surface area (TPSA) is 86.6 Å². The van der Waals surface area contributed by atoms with Gasteiger partial charge in [0, 0.05) is 0 Å². The van der Waals surface area contributed by atoms with Crippen LogP contribution in [0.4, 0.5) is 0 Å². The Morgan fingerprint density at radius 2 is 1.04 bits per heavy atom. The van der Waals surface area contributed by atoms with Crippen molar-refractivity contribution in [3.63, 3.8) is 0 Å². The molecule has 0 amide bonds. The quantitative estimate of drug-likeness (QED) is 0.507. The number of aliphatic carboxylic acids is 2. The first-order chi connectivity index (χ1) is 12.1. The fraction of sp³-hybridized carbons (Fsp3) is 0.300. The number of rotatable bonds is 8. The van der Waals surface area contributed by atoms with Gasteiger partial charge in [-0.3, -0.25) is 0 Å². The van der Waals surface area contributed by atoms with E-state index in [1.807, 2.05) is 0 Å². The van der Waals surface area contributed by atoms with Gasteiger partial charge in [-0.2, -0.15) is 0 Å². The molecule has 3 N–H and O–H groups in total. The molecule has 0 bridgehead atoms. The third-order valence-electron chi connectivity index (χ3n) is 3.51. The van der Waals surface area contributed by atoms with Crippen molar-refractivity contribution in [1.82, 2.24) is 5.32 Å². The molecule has 0 aliphatic heterocycles. The Morgan fingerprint density at radius 3 is 1.36 bits per heavy atom. The summed E-state index contributed by atoms with van der Waals surface area (Å²) in [7, 11) is 0. The highest BCUT2D eigenvalue weighted by atomic mass is 16.4. The van der Waals surface area contributed by atoms with Crippen LogP contribution in [0, 0.1) is 0 Å². The monoisotopic (exact) mass is 343 g/mol. The molecular weight excluding hydrogens is 318 g/mol. The SMILES string of the molecule is O=C(O)C(=O)O.c1ccc(CCCNCCCc2ccccc2)cc1. The van der Waals surface area contributed by atoms with Crippen LogP contribution < -0.4 is 5.32 Å². The van der Waals surface area contributed by atoms with Crippen LogP contribution in [-0.2, 0) is 22.4 Å². The van der Waals surface area contributed by atoms with Gasteiger partial charge >= 0.3 is 11.9 Å². The minimum Gasteiger partial charge on any atom is -0.473 e. The van der Waals surface area contributed by atoms with Gasteiger partial charge < -0.3 is 15.5 Å². The first-order valence-corrected chi connectivity index (χ1v) is 8.34. The third kappa shape index (κ3) is 10.7. The molecule has 5 heteroatoms. The van der Waals surface area contributed by atoms with Gasteiger partial charge in [0.1, 0.15) is 0 Å². The van der Waals surface area contributed by atoms with E-state index in [-0.39, 0.29) is 0 Å². The summed E-state index contributed by atoms with van der Waals surface area (Å²) in [4.78, 5) is 18.2. The largest absolute Gasteiger partial charge is 0.473 e. The number of carbonyl (C=O) groups is 2. The van der Waals surface area contributed by atoms with E-state index >= 15 is 0 Å². The van der Waals surface area contributed by atoms with E-state index in [0.29, 0.717) is 0 Å². The smallest absolute Gasteiger partial charge is 0.414 e. The molecule has 0 atom stereocenters. The number of hydrogen-bond acceptors (Lipinski definition) is 3. The van der Waals surface area contributed by atoms with Gasteiger partial charge in [-0.15, -0.1) is 0 Å². The molecular formula is C20H25NO4. The predicted octanol–water partition coefficient (Wildman–Crippen LogP) is 3.00. The zero-order chi connectivity index (χ0) is 18.3. The zero-order valence-electron chi connectivity index (χ0n) is 14.2. The van der Waals surface area contributed by atoms with Gasteiger partial charge in [0.25, 0.3) is 0 Å². The molecule has 0 heterocycles. The number of carboxylic acids is 2. The van der Waals surface area contributed by atoms with E-state index < -0.39 is 11.9 Å². The molecule has 0 aliphatic rings. The normalized spacial score (nSPS) is 9.76. The molecule has 5 nitrogen and oxygen atoms in total. The number of carboxylic acid groups (broad SMARTS) is 2. The number of benzene rings is 2. The van der Waals surface area contributed by atoms with E-state index in [9.17, 15) is 0 Å². The maximum atomic E-state index is 9.10. The highest BCUT2D eigenvalue weighted by molar-refractivity contribution is 6.27. The summed E-state index contributed by atoms with van der Waals surface area (Å²) in [6.45, 7) is 2.23. The first kappa shape index (κ1) is 20.4. The minimum absolute atomic E-state index is 1.11. The molecule has 0 saturated heterocycles. The second-order valence-corrected chi connectivity index (χ2v) is 5.54. The lowest BCUT2D eigenvalue weighted by molar-refractivity contribution is -0.159. The Bertz CT molecular complexity index is 559. The summed E-state index contributed by atoms with van der Waals surface area (Å²) in [6.07, 6.45) is 4.78. The first-order valence-electron chi connectivity index (χ1n) is 8.34. The maximum Gasteiger partial charge on any atom is 0.414 e. The lowest BCUT2D eigenvalue weighted by Crippen LogP contribution is -2.17. The van der Waals surface area contributed by atoms with Crippen molar-refractivity contribution >= 4 is 11.9 Å². The molecule has 0 spiro atoms. The van der Waals surface area contributed by atoms with Crippen molar-refractivity contribution < 1.29 is 19.8 Å². The number of nitrogens with one attached hydrogen (secondary N) is 1. The Hall–Kier alpha value is -2.66. The maximum absolute atomic E-state index is 9.10. The Labute approximate surface area is 148 Å². The van der Waals surface area contributed by atoms with Gasteiger partial charge in [0.2, 0.25) is 0 Å². The summed E-state index contributed by atoms with van der Waals surface area (Å²) in [5, 5.41) is 18.3. The molecule has 0 aliphatic carbocycles. The number of aryl methyl sites for hydroxylation is 2. The van der Waals surface area contributed by atoms with Crippen LogP contribution in [0.3, 0.4) is 0 Å². The minimum atomic E-state index is -1.82. The van der Waals surface area contributed by atoms with E-state index in [2.05, 4.69) is 66.0 Å². The van der Waals surface area contributed by atoms with E-state index in [1.165, 1.54) is 36.8 Å². The number of hydrogen-bond donors (Lipinski definition) is 3. The molecule has 2 aromatic carbocycles. The summed E-state index contributed by atoms with van der Waals surface area (Å²) in [6, 6.07) is 21.4. The van der Waals surface area contributed by atoms with Crippen molar-refractivity contribution in [3.05, 3.63) is 71.8 Å². The fourth-order valence-electron chi connectivity index (χ4n) is 2.25. The van der Waals surface area contributed by atoms with Crippen LogP contribution in [0.5, 0.6) is 0 Å². The summed E-state index contributed by atoms with van der Waals surface area (Å²) < 4.78 is 0. The van der Waals surface area contributed by atoms with Crippen molar-refractivity contribution in [1.29, 1.82) is 0 Å². The van der Waals surface area contributed by atoms with Crippen LogP contribution >= 0.6 is 0 Å².